The zero-order chi connectivity index (χ0) is 32.9. The maximum Gasteiger partial charge on any atom is 2.00 e. The van der Waals surface area contributed by atoms with Gasteiger partial charge < -0.3 is 19.1 Å². The summed E-state index contributed by atoms with van der Waals surface area (Å²) >= 11 is 0. The molecular weight excluding hydrogens is 759 g/mol. The van der Waals surface area contributed by atoms with Gasteiger partial charge in [-0.3, -0.25) is 0 Å². The molecule has 0 amide bonds. The number of aromatic nitrogens is 8. The van der Waals surface area contributed by atoms with Crippen LogP contribution in [0.4, 0.5) is 0 Å². The van der Waals surface area contributed by atoms with E-state index in [9.17, 15) is 25.9 Å². The second-order valence-corrected chi connectivity index (χ2v) is 13.6. The fraction of sp³-hybridized carbons (Fsp3) is 0. The van der Waals surface area contributed by atoms with Crippen molar-refractivity contribution in [2.24, 2.45) is 0 Å². The Labute approximate surface area is 288 Å². The number of fused-ring (bicyclic) bond motifs is 20. The Balaban J connectivity index is 0.00000348. The number of hydrogen-bond donors (Lipinski definition) is 2. The fourth-order valence-electron chi connectivity index (χ4n) is 6.13. The van der Waals surface area contributed by atoms with Gasteiger partial charge in [0, 0.05) is 43.8 Å². The van der Waals surface area contributed by atoms with E-state index in [1.165, 1.54) is 6.07 Å². The van der Waals surface area contributed by atoms with E-state index in [2.05, 4.69) is 19.9 Å². The van der Waals surface area contributed by atoms with Crippen molar-refractivity contribution in [3.05, 3.63) is 84.9 Å². The Morgan fingerprint density at radius 2 is 0.837 bits per heavy atom. The van der Waals surface area contributed by atoms with Gasteiger partial charge in [0.25, 0.3) is 0 Å². The fourth-order valence-corrected chi connectivity index (χ4v) is 8.07. The minimum absolute atomic E-state index is 0. The van der Waals surface area contributed by atoms with Crippen LogP contribution in [-0.2, 0) is 39.7 Å². The first-order chi connectivity index (χ1) is 23.0. The quantitative estimate of drug-likeness (QED) is 0.181. The Bertz CT molecular complexity index is 2980. The molecule has 0 saturated carbocycles. The summed E-state index contributed by atoms with van der Waals surface area (Å²) in [5.41, 5.74) is 3.08. The molecule has 2 aliphatic rings. The smallest absolute Gasteiger partial charge is 0.744 e. The van der Waals surface area contributed by atoms with E-state index in [1.54, 1.807) is 36.4 Å². The molecule has 241 valence electrons. The second kappa shape index (κ2) is 10.8. The first-order valence-electron chi connectivity index (χ1n) is 14.2. The van der Waals surface area contributed by atoms with Crippen molar-refractivity contribution < 1.29 is 45.4 Å². The average molecular weight is 776 g/mol. The molecule has 17 heteroatoms. The first kappa shape index (κ1) is 31.0. The summed E-state index contributed by atoms with van der Waals surface area (Å²) in [6.45, 7) is 0. The van der Waals surface area contributed by atoms with Gasteiger partial charge in [-0.15, -0.1) is 0 Å². The van der Waals surface area contributed by atoms with Crippen molar-refractivity contribution in [1.29, 1.82) is 0 Å². The molecule has 4 aromatic carbocycles. The number of H-pyrrole nitrogens is 2. The number of aromatic amines is 2. The number of rotatable bonds is 2. The van der Waals surface area contributed by atoms with Crippen molar-refractivity contribution in [3.8, 4) is 45.6 Å². The zero-order valence-electron chi connectivity index (χ0n) is 24.4. The minimum atomic E-state index is -5.56. The third kappa shape index (κ3) is 4.85. The summed E-state index contributed by atoms with van der Waals surface area (Å²) in [6, 6.07) is 23.8. The molecular formula is C32H16N8O6RhS2. The molecule has 0 aliphatic carbocycles. The van der Waals surface area contributed by atoms with Gasteiger partial charge in [0.2, 0.25) is 0 Å². The molecule has 14 nitrogen and oxygen atoms in total. The third-order valence-electron chi connectivity index (χ3n) is 8.16. The molecule has 5 heterocycles. The largest absolute Gasteiger partial charge is 2.00 e. The number of nitrogens with one attached hydrogen (secondary N) is 2. The monoisotopic (exact) mass is 775 g/mol. The van der Waals surface area contributed by atoms with Gasteiger partial charge in [-0.25, -0.2) is 46.7 Å². The van der Waals surface area contributed by atoms with Gasteiger partial charge in [0.15, 0.2) is 23.3 Å². The van der Waals surface area contributed by atoms with Crippen molar-refractivity contribution in [2.75, 3.05) is 0 Å². The molecule has 9 rings (SSSR count). The van der Waals surface area contributed by atoms with E-state index in [0.717, 1.165) is 16.8 Å². The van der Waals surface area contributed by atoms with Crippen molar-refractivity contribution in [1.82, 2.24) is 39.9 Å². The molecule has 0 unspecified atom stereocenters. The van der Waals surface area contributed by atoms with Gasteiger partial charge in [0.05, 0.1) is 9.79 Å². The summed E-state index contributed by atoms with van der Waals surface area (Å²) in [5, 5.41) is 1.13. The van der Waals surface area contributed by atoms with Crippen LogP contribution in [0.25, 0.3) is 89.7 Å². The van der Waals surface area contributed by atoms with Gasteiger partial charge in [0.1, 0.15) is 42.8 Å². The van der Waals surface area contributed by atoms with Crippen LogP contribution in [0.2, 0.25) is 0 Å². The van der Waals surface area contributed by atoms with Crippen LogP contribution in [0.15, 0.2) is 94.7 Å². The Morgan fingerprint density at radius 3 is 1.27 bits per heavy atom. The maximum atomic E-state index is 12.7. The normalized spacial score (nSPS) is 12.4. The first-order valence-corrected chi connectivity index (χ1v) is 17.1. The van der Waals surface area contributed by atoms with Crippen LogP contribution in [0.5, 0.6) is 0 Å². The van der Waals surface area contributed by atoms with Crippen LogP contribution in [0.1, 0.15) is 0 Å². The van der Waals surface area contributed by atoms with E-state index >= 15 is 0 Å². The Hall–Kier alpha value is -5.32. The number of hydrogen-bond acceptors (Lipinski definition) is 12. The maximum absolute atomic E-state index is 12.7. The van der Waals surface area contributed by atoms with Gasteiger partial charge >= 0.3 is 19.5 Å². The van der Waals surface area contributed by atoms with Crippen LogP contribution in [-0.4, -0.2) is 65.8 Å². The number of nitrogens with zero attached hydrogens (tertiary/aromatic N) is 6. The van der Waals surface area contributed by atoms with Crippen molar-refractivity contribution in [3.63, 3.8) is 0 Å². The summed E-state index contributed by atoms with van der Waals surface area (Å²) < 4.78 is 74.7. The number of benzene rings is 4. The molecule has 0 saturated heterocycles. The summed E-state index contributed by atoms with van der Waals surface area (Å²) in [6.07, 6.45) is 0. The summed E-state index contributed by atoms with van der Waals surface area (Å²) in [7, 11) is -11.0. The van der Waals surface area contributed by atoms with Crippen molar-refractivity contribution >= 4 is 64.4 Å². The van der Waals surface area contributed by atoms with E-state index in [-0.39, 0.29) is 53.6 Å². The van der Waals surface area contributed by atoms with Crippen molar-refractivity contribution in [2.45, 2.75) is 9.79 Å². The van der Waals surface area contributed by atoms with Crippen LogP contribution in [0.3, 0.4) is 0 Å². The van der Waals surface area contributed by atoms with Crippen LogP contribution in [0, 0.1) is 0 Å². The Morgan fingerprint density at radius 1 is 0.449 bits per heavy atom. The molecule has 7 aromatic rings. The molecule has 2 aliphatic heterocycles. The topological polar surface area (TPSA) is 223 Å². The molecule has 0 spiro atoms. The molecule has 0 fully saturated rings. The predicted molar refractivity (Wildman–Crippen MR) is 172 cm³/mol. The second-order valence-electron chi connectivity index (χ2n) is 11.0. The van der Waals surface area contributed by atoms with Crippen LogP contribution < -0.4 is 0 Å². The Kier molecular flexibility index (Phi) is 6.86. The molecule has 1 radical (unpaired) electrons. The molecule has 49 heavy (non-hydrogen) atoms. The average Bonchev–Trinajstić information content (AvgIpc) is 3.79. The van der Waals surface area contributed by atoms with Crippen LogP contribution >= 0.6 is 0 Å². The minimum Gasteiger partial charge on any atom is -0.744 e. The molecule has 0 atom stereocenters. The predicted octanol–water partition coefficient (Wildman–Crippen LogP) is 4.67. The summed E-state index contributed by atoms with van der Waals surface area (Å²) in [5.74, 6) is 0.876. The zero-order valence-corrected chi connectivity index (χ0v) is 27.6. The third-order valence-corrected chi connectivity index (χ3v) is 10.1. The molecule has 3 aromatic heterocycles. The SMILES string of the molecule is O=S(=O)([O-])c1ccc2c3nc4nc(nc5[nH]c(nc6nc(nc([nH]3)c2c1S(=O)(=O)[O-])-c1ccccc1-6)c1ccccc51)-c1ccccc1-4.[Rh+2]. The van der Waals surface area contributed by atoms with E-state index in [0.29, 0.717) is 39.4 Å². The van der Waals surface area contributed by atoms with E-state index < -0.39 is 35.4 Å². The summed E-state index contributed by atoms with van der Waals surface area (Å²) in [4.78, 5) is 32.2. The van der Waals surface area contributed by atoms with Gasteiger partial charge in [-0.1, -0.05) is 72.8 Å². The molecule has 2 N–H and O–H groups in total. The van der Waals surface area contributed by atoms with Gasteiger partial charge in [-0.2, -0.15) is 0 Å². The van der Waals surface area contributed by atoms with Gasteiger partial charge in [-0.05, 0) is 12.1 Å². The van der Waals surface area contributed by atoms with E-state index in [4.69, 9.17) is 19.9 Å². The standard InChI is InChI=1S/C32H18N8O6S2.Rh/c41-47(42,43)22-14-13-21-23(24(22)48(44,45)46)32-39-30-20-12-6-5-11-19(20)28(37-30)35-26-16-8-2-1-7-15(16)25(33-26)34-27-17-9-3-4-10-18(17)29(36-27)38-31(21)40-32;/h1-14H,(H,41,42,43)(H,44,45,46)(H2,33,34,35,36,37,38,39,40);/q;+2/p-2. The molecule has 8 bridgehead atoms. The van der Waals surface area contributed by atoms with E-state index in [1.807, 2.05) is 36.4 Å².